The predicted molar refractivity (Wildman–Crippen MR) is 71.9 cm³/mol. The second-order valence-electron chi connectivity index (χ2n) is 4.02. The van der Waals surface area contributed by atoms with E-state index in [2.05, 4.69) is 10.3 Å². The summed E-state index contributed by atoms with van der Waals surface area (Å²) in [5, 5.41) is 2.69. The van der Waals surface area contributed by atoms with Crippen molar-refractivity contribution in [2.75, 3.05) is 13.1 Å². The number of ether oxygens (including phenoxy) is 1. The van der Waals surface area contributed by atoms with Crippen molar-refractivity contribution in [1.29, 1.82) is 0 Å². The van der Waals surface area contributed by atoms with Gasteiger partial charge in [-0.15, -0.1) is 0 Å². The molecule has 1 aromatic rings. The minimum absolute atomic E-state index is 0.434. The van der Waals surface area contributed by atoms with Crippen LogP contribution < -0.4 is 10.1 Å². The van der Waals surface area contributed by atoms with E-state index in [1.165, 1.54) is 6.08 Å². The molecule has 0 atom stereocenters. The van der Waals surface area contributed by atoms with E-state index in [1.54, 1.807) is 12.1 Å². The third kappa shape index (κ3) is 7.73. The molecular weight excluding hydrogens is 244 g/mol. The van der Waals surface area contributed by atoms with Gasteiger partial charge in [-0.3, -0.25) is 0 Å². The molecule has 0 fully saturated rings. The molecule has 5 heteroatoms. The average Bonchev–Trinajstić information content (AvgIpc) is 2.43. The number of aliphatic imine (C=N–C) groups is 1. The minimum Gasteiger partial charge on any atom is -0.410 e. The fourth-order valence-corrected chi connectivity index (χ4v) is 1.54. The molecule has 0 aliphatic carbocycles. The first kappa shape index (κ1) is 14.9. The van der Waals surface area contributed by atoms with Gasteiger partial charge in [0.25, 0.3) is 0 Å². The van der Waals surface area contributed by atoms with Crippen LogP contribution in [0.3, 0.4) is 0 Å². The van der Waals surface area contributed by atoms with Crippen LogP contribution in [0.5, 0.6) is 5.75 Å². The Labute approximate surface area is 112 Å². The molecule has 0 unspecified atom stereocenters. The molecule has 0 radical (unpaired) electrons. The van der Waals surface area contributed by atoms with Crippen LogP contribution in [0.25, 0.3) is 0 Å². The molecule has 1 rings (SSSR count). The zero-order chi connectivity index (χ0) is 13.8. The Balaban J connectivity index is 2.00. The smallest absolute Gasteiger partial charge is 0.410 e. The zero-order valence-corrected chi connectivity index (χ0v) is 10.8. The highest BCUT2D eigenvalue weighted by Gasteiger charge is 2.02. The lowest BCUT2D eigenvalue weighted by Crippen LogP contribution is -2.27. The Kier molecular flexibility index (Phi) is 7.74. The number of hydrogen-bond donors (Lipinski definition) is 1. The van der Waals surface area contributed by atoms with E-state index in [1.807, 2.05) is 18.2 Å². The first-order chi connectivity index (χ1) is 9.33. The van der Waals surface area contributed by atoms with E-state index < -0.39 is 6.09 Å². The van der Waals surface area contributed by atoms with E-state index >= 15 is 0 Å². The number of nitrogens with one attached hydrogen (secondary N) is 1. The fourth-order valence-electron chi connectivity index (χ4n) is 1.54. The average molecular weight is 262 g/mol. The molecule has 0 saturated carbocycles. The van der Waals surface area contributed by atoms with Gasteiger partial charge in [0.1, 0.15) is 5.75 Å². The second kappa shape index (κ2) is 9.85. The summed E-state index contributed by atoms with van der Waals surface area (Å²) < 4.78 is 5.07. The number of isocyanates is 1. The summed E-state index contributed by atoms with van der Waals surface area (Å²) in [7, 11) is 0. The van der Waals surface area contributed by atoms with Gasteiger partial charge in [0.15, 0.2) is 0 Å². The largest absolute Gasteiger partial charge is 0.412 e. The third-order valence-electron chi connectivity index (χ3n) is 2.48. The molecule has 0 aliphatic heterocycles. The Morgan fingerprint density at radius 1 is 1.16 bits per heavy atom. The molecule has 1 amide bonds. The van der Waals surface area contributed by atoms with Crippen molar-refractivity contribution in [3.05, 3.63) is 30.3 Å². The van der Waals surface area contributed by atoms with Crippen molar-refractivity contribution >= 4 is 12.2 Å². The summed E-state index contributed by atoms with van der Waals surface area (Å²) in [5.74, 6) is 0.534. The number of carbonyl (C=O) groups excluding carboxylic acids is 2. The van der Waals surface area contributed by atoms with E-state index in [-0.39, 0.29) is 0 Å². The molecular formula is C14H18N2O3. The van der Waals surface area contributed by atoms with Crippen molar-refractivity contribution in [1.82, 2.24) is 5.32 Å². The molecule has 0 aliphatic rings. The Hall–Kier alpha value is -2.13. The molecule has 0 saturated heterocycles. The van der Waals surface area contributed by atoms with Crippen molar-refractivity contribution < 1.29 is 14.3 Å². The first-order valence-electron chi connectivity index (χ1n) is 6.37. The number of carbonyl (C=O) groups is 1. The Bertz CT molecular complexity index is 414. The van der Waals surface area contributed by atoms with Crippen molar-refractivity contribution in [3.63, 3.8) is 0 Å². The van der Waals surface area contributed by atoms with E-state index in [0.29, 0.717) is 18.8 Å². The summed E-state index contributed by atoms with van der Waals surface area (Å²) in [6.07, 6.45) is 4.81. The Morgan fingerprint density at radius 2 is 1.89 bits per heavy atom. The van der Waals surface area contributed by atoms with Gasteiger partial charge in [0.05, 0.1) is 6.54 Å². The summed E-state index contributed by atoms with van der Waals surface area (Å²) in [5.41, 5.74) is 0. The fraction of sp³-hybridized carbons (Fsp3) is 0.429. The zero-order valence-electron chi connectivity index (χ0n) is 10.8. The molecule has 1 N–H and O–H groups in total. The molecule has 5 nitrogen and oxygen atoms in total. The number of para-hydroxylation sites is 1. The van der Waals surface area contributed by atoms with Crippen LogP contribution in [0.1, 0.15) is 25.7 Å². The summed E-state index contributed by atoms with van der Waals surface area (Å²) in [6, 6.07) is 8.94. The molecule has 0 bridgehead atoms. The van der Waals surface area contributed by atoms with Gasteiger partial charge >= 0.3 is 6.09 Å². The number of nitrogens with zero attached hydrogens (tertiary/aromatic N) is 1. The van der Waals surface area contributed by atoms with E-state index in [0.717, 1.165) is 25.7 Å². The number of unbranched alkanes of at least 4 members (excludes halogenated alkanes) is 3. The lowest BCUT2D eigenvalue weighted by molar-refractivity contribution is 0.200. The van der Waals surface area contributed by atoms with Gasteiger partial charge in [0.2, 0.25) is 6.08 Å². The molecule has 0 heterocycles. The summed E-state index contributed by atoms with van der Waals surface area (Å²) in [6.45, 7) is 1.12. The monoisotopic (exact) mass is 262 g/mol. The van der Waals surface area contributed by atoms with Gasteiger partial charge in [-0.1, -0.05) is 31.0 Å². The first-order valence-corrected chi connectivity index (χ1v) is 6.37. The maximum absolute atomic E-state index is 11.4. The standard InChI is InChI=1S/C14H18N2O3/c17-12-15-10-6-1-2-7-11-16-14(18)19-13-8-4-3-5-9-13/h3-5,8-9H,1-2,6-7,10-11H2,(H,16,18). The Morgan fingerprint density at radius 3 is 2.63 bits per heavy atom. The minimum atomic E-state index is -0.434. The maximum Gasteiger partial charge on any atom is 0.412 e. The van der Waals surface area contributed by atoms with Crippen molar-refractivity contribution in [2.24, 2.45) is 4.99 Å². The van der Waals surface area contributed by atoms with Crippen LogP contribution in [0.4, 0.5) is 4.79 Å². The van der Waals surface area contributed by atoms with Gasteiger partial charge in [0, 0.05) is 6.54 Å². The van der Waals surface area contributed by atoms with Gasteiger partial charge < -0.3 is 10.1 Å². The van der Waals surface area contributed by atoms with E-state index in [9.17, 15) is 9.59 Å². The van der Waals surface area contributed by atoms with Crippen LogP contribution in [-0.2, 0) is 4.79 Å². The molecule has 102 valence electrons. The summed E-state index contributed by atoms with van der Waals surface area (Å²) >= 11 is 0. The van der Waals surface area contributed by atoms with Gasteiger partial charge in [-0.2, -0.15) is 0 Å². The maximum atomic E-state index is 11.4. The topological polar surface area (TPSA) is 67.8 Å². The highest BCUT2D eigenvalue weighted by Crippen LogP contribution is 2.08. The van der Waals surface area contributed by atoms with Crippen LogP contribution >= 0.6 is 0 Å². The molecule has 0 spiro atoms. The molecule has 0 aromatic heterocycles. The van der Waals surface area contributed by atoms with Crippen molar-refractivity contribution in [2.45, 2.75) is 25.7 Å². The molecule has 19 heavy (non-hydrogen) atoms. The van der Waals surface area contributed by atoms with Crippen LogP contribution in [-0.4, -0.2) is 25.3 Å². The number of rotatable bonds is 8. The van der Waals surface area contributed by atoms with Crippen LogP contribution in [0.2, 0.25) is 0 Å². The van der Waals surface area contributed by atoms with E-state index in [4.69, 9.17) is 4.74 Å². The number of benzene rings is 1. The number of amides is 1. The highest BCUT2D eigenvalue weighted by atomic mass is 16.5. The van der Waals surface area contributed by atoms with Crippen LogP contribution in [0, 0.1) is 0 Å². The van der Waals surface area contributed by atoms with Crippen LogP contribution in [0.15, 0.2) is 35.3 Å². The molecule has 1 aromatic carbocycles. The predicted octanol–water partition coefficient (Wildman–Crippen LogP) is 2.67. The quantitative estimate of drug-likeness (QED) is 0.445. The number of hydrogen-bond acceptors (Lipinski definition) is 4. The lowest BCUT2D eigenvalue weighted by atomic mass is 10.2. The lowest BCUT2D eigenvalue weighted by Gasteiger charge is -2.06. The van der Waals surface area contributed by atoms with Gasteiger partial charge in [-0.05, 0) is 25.0 Å². The highest BCUT2D eigenvalue weighted by molar-refractivity contribution is 5.70. The SMILES string of the molecule is O=C=NCCCCCCNC(=O)Oc1ccccc1. The normalized spacial score (nSPS) is 9.47. The van der Waals surface area contributed by atoms with Crippen molar-refractivity contribution in [3.8, 4) is 5.75 Å². The summed E-state index contributed by atoms with van der Waals surface area (Å²) in [4.78, 5) is 24.7. The third-order valence-corrected chi connectivity index (χ3v) is 2.48. The van der Waals surface area contributed by atoms with Gasteiger partial charge in [-0.25, -0.2) is 14.6 Å². The second-order valence-corrected chi connectivity index (χ2v) is 4.02.